The van der Waals surface area contributed by atoms with Crippen LogP contribution in [0.15, 0.2) is 0 Å². The molecule has 4 nitrogen and oxygen atoms in total. The smallest absolute Gasteiger partial charge is 0.393 e. The first-order valence-corrected chi connectivity index (χ1v) is 7.81. The summed E-state index contributed by atoms with van der Waals surface area (Å²) in [7, 11) is 2.10. The Labute approximate surface area is 128 Å². The maximum atomic E-state index is 12.0. The monoisotopic (exact) mass is 322 g/mol. The van der Waals surface area contributed by atoms with Gasteiger partial charge < -0.3 is 19.3 Å². The van der Waals surface area contributed by atoms with E-state index in [0.717, 1.165) is 6.42 Å². The number of ether oxygens (including phenoxy) is 3. The maximum Gasteiger partial charge on any atom is 0.411 e. The highest BCUT2D eigenvalue weighted by Crippen LogP contribution is 2.60. The van der Waals surface area contributed by atoms with Crippen molar-refractivity contribution in [1.82, 2.24) is 0 Å². The summed E-state index contributed by atoms with van der Waals surface area (Å²) >= 11 is 0. The molecule has 0 radical (unpaired) electrons. The van der Waals surface area contributed by atoms with Crippen molar-refractivity contribution in [3.63, 3.8) is 0 Å². The van der Waals surface area contributed by atoms with Crippen LogP contribution >= 0.6 is 0 Å². The molecule has 126 valence electrons. The van der Waals surface area contributed by atoms with E-state index in [1.807, 2.05) is 6.92 Å². The van der Waals surface area contributed by atoms with Gasteiger partial charge in [0.15, 0.2) is 0 Å². The van der Waals surface area contributed by atoms with Gasteiger partial charge in [0.25, 0.3) is 0 Å². The van der Waals surface area contributed by atoms with Gasteiger partial charge in [0.05, 0.1) is 24.4 Å². The highest BCUT2D eigenvalue weighted by molar-refractivity contribution is 6.11. The summed E-state index contributed by atoms with van der Waals surface area (Å²) in [5.74, 6) is 0.300. The third kappa shape index (κ3) is 3.16. The molecular weight excluding hydrogens is 300 g/mol. The number of hydrogen-bond acceptors (Lipinski definition) is 4. The van der Waals surface area contributed by atoms with Crippen molar-refractivity contribution < 1.29 is 32.5 Å². The Hall–Kier alpha value is -0.305. The minimum atomic E-state index is -4.30. The fourth-order valence-corrected chi connectivity index (χ4v) is 4.26. The minimum absolute atomic E-state index is 0.00679. The standard InChI is InChI=1S/C14H22BF3O4/c1-12(10(22-12)2-3-20-7-14(16,17)18)11-9(19)4-8(15)5-13(11)6-21-13/h8-11,19H,2-7,15H2,1H3/t8?,9?,10?,11?,12-,13?/m1/s1. The van der Waals surface area contributed by atoms with E-state index in [1.54, 1.807) is 0 Å². The van der Waals surface area contributed by atoms with Crippen LogP contribution in [0.3, 0.4) is 0 Å². The molecule has 8 heteroatoms. The molecule has 1 aliphatic carbocycles. The van der Waals surface area contributed by atoms with Crippen molar-refractivity contribution in [2.75, 3.05) is 19.8 Å². The molecule has 0 aromatic rings. The maximum absolute atomic E-state index is 12.0. The van der Waals surface area contributed by atoms with Crippen LogP contribution in [-0.4, -0.2) is 62.4 Å². The van der Waals surface area contributed by atoms with E-state index in [-0.39, 0.29) is 24.2 Å². The first kappa shape index (κ1) is 16.5. The number of aliphatic hydroxyl groups excluding tert-OH is 1. The molecule has 0 amide bonds. The Morgan fingerprint density at radius 2 is 2.09 bits per heavy atom. The van der Waals surface area contributed by atoms with Crippen LogP contribution in [0.4, 0.5) is 13.2 Å². The molecule has 2 aliphatic heterocycles. The molecule has 1 saturated carbocycles. The topological polar surface area (TPSA) is 54.5 Å². The summed E-state index contributed by atoms with van der Waals surface area (Å²) in [5.41, 5.74) is -0.814. The zero-order chi connectivity index (χ0) is 16.2. The van der Waals surface area contributed by atoms with Gasteiger partial charge in [0.1, 0.15) is 20.1 Å². The fourth-order valence-electron chi connectivity index (χ4n) is 4.26. The number of hydrogen-bond donors (Lipinski definition) is 1. The van der Waals surface area contributed by atoms with Crippen molar-refractivity contribution in [3.8, 4) is 0 Å². The second-order valence-electron chi connectivity index (χ2n) is 7.19. The summed E-state index contributed by atoms with van der Waals surface area (Å²) < 4.78 is 52.1. The third-order valence-corrected chi connectivity index (χ3v) is 5.19. The van der Waals surface area contributed by atoms with E-state index >= 15 is 0 Å². The lowest BCUT2D eigenvalue weighted by Crippen LogP contribution is -2.49. The molecule has 22 heavy (non-hydrogen) atoms. The van der Waals surface area contributed by atoms with Crippen LogP contribution in [0, 0.1) is 5.92 Å². The number of alkyl halides is 3. The molecule has 0 aromatic heterocycles. The second-order valence-corrected chi connectivity index (χ2v) is 7.19. The molecule has 3 aliphatic rings. The lowest BCUT2D eigenvalue weighted by atomic mass is 9.61. The number of aliphatic hydroxyl groups is 1. The average molecular weight is 322 g/mol. The van der Waals surface area contributed by atoms with Crippen LogP contribution in [-0.2, 0) is 14.2 Å². The van der Waals surface area contributed by atoms with Crippen LogP contribution in [0.2, 0.25) is 5.82 Å². The molecule has 3 rings (SSSR count). The highest BCUT2D eigenvalue weighted by atomic mass is 19.4. The van der Waals surface area contributed by atoms with Crippen LogP contribution in [0.5, 0.6) is 0 Å². The molecular formula is C14H22BF3O4. The van der Waals surface area contributed by atoms with E-state index in [2.05, 4.69) is 12.6 Å². The molecule has 3 fully saturated rings. The van der Waals surface area contributed by atoms with Gasteiger partial charge in [-0.15, -0.1) is 0 Å². The van der Waals surface area contributed by atoms with Gasteiger partial charge in [-0.05, 0) is 26.2 Å². The van der Waals surface area contributed by atoms with E-state index in [1.165, 1.54) is 0 Å². The zero-order valence-electron chi connectivity index (χ0n) is 12.9. The Kier molecular flexibility index (Phi) is 4.03. The average Bonchev–Trinajstić information content (AvgIpc) is 3.23. The normalized spacial score (nSPS) is 47.7. The van der Waals surface area contributed by atoms with Gasteiger partial charge in [-0.2, -0.15) is 13.2 Å². The van der Waals surface area contributed by atoms with Crippen molar-refractivity contribution in [2.45, 2.75) is 61.6 Å². The lowest BCUT2D eigenvalue weighted by Gasteiger charge is -2.39. The molecule has 2 heterocycles. The third-order valence-electron chi connectivity index (χ3n) is 5.19. The molecule has 6 atom stereocenters. The van der Waals surface area contributed by atoms with Crippen LogP contribution in [0.25, 0.3) is 0 Å². The van der Waals surface area contributed by atoms with Crippen molar-refractivity contribution in [2.24, 2.45) is 5.92 Å². The van der Waals surface area contributed by atoms with Gasteiger partial charge in [-0.1, -0.05) is 5.82 Å². The van der Waals surface area contributed by atoms with Crippen molar-refractivity contribution in [1.29, 1.82) is 0 Å². The van der Waals surface area contributed by atoms with Gasteiger partial charge >= 0.3 is 6.18 Å². The van der Waals surface area contributed by atoms with Gasteiger partial charge in [-0.25, -0.2) is 0 Å². The first-order chi connectivity index (χ1) is 10.2. The van der Waals surface area contributed by atoms with E-state index in [0.29, 0.717) is 25.3 Å². The summed E-state index contributed by atoms with van der Waals surface area (Å²) in [6, 6.07) is 0. The van der Waals surface area contributed by atoms with Gasteiger partial charge in [0, 0.05) is 12.5 Å². The molecule has 1 spiro atoms. The Bertz CT molecular complexity index is 429. The quantitative estimate of drug-likeness (QED) is 0.467. The molecule has 0 aromatic carbocycles. The Morgan fingerprint density at radius 3 is 2.68 bits per heavy atom. The summed E-state index contributed by atoms with van der Waals surface area (Å²) in [6.07, 6.45) is -2.93. The molecule has 2 saturated heterocycles. The van der Waals surface area contributed by atoms with Gasteiger partial charge in [0.2, 0.25) is 0 Å². The zero-order valence-corrected chi connectivity index (χ0v) is 12.9. The fraction of sp³-hybridized carbons (Fsp3) is 1.00. The highest BCUT2D eigenvalue weighted by Gasteiger charge is 2.70. The van der Waals surface area contributed by atoms with E-state index < -0.39 is 24.5 Å². The number of halogens is 3. The van der Waals surface area contributed by atoms with E-state index in [9.17, 15) is 18.3 Å². The van der Waals surface area contributed by atoms with Gasteiger partial charge in [-0.3, -0.25) is 0 Å². The van der Waals surface area contributed by atoms with Crippen molar-refractivity contribution >= 4 is 7.85 Å². The summed E-state index contributed by atoms with van der Waals surface area (Å²) in [6.45, 7) is 1.34. The second kappa shape index (κ2) is 5.36. The Morgan fingerprint density at radius 1 is 1.41 bits per heavy atom. The molecule has 0 bridgehead atoms. The first-order valence-electron chi connectivity index (χ1n) is 7.81. The Balaban J connectivity index is 1.53. The lowest BCUT2D eigenvalue weighted by molar-refractivity contribution is -0.174. The molecule has 1 N–H and O–H groups in total. The van der Waals surface area contributed by atoms with Crippen molar-refractivity contribution in [3.05, 3.63) is 0 Å². The van der Waals surface area contributed by atoms with Crippen LogP contribution in [0.1, 0.15) is 26.2 Å². The van der Waals surface area contributed by atoms with Crippen LogP contribution < -0.4 is 0 Å². The number of rotatable bonds is 5. The summed E-state index contributed by atoms with van der Waals surface area (Å²) in [4.78, 5) is 0. The SMILES string of the molecule is BC1CC(O)C([C@]2(C)OC2CCOCC(F)(F)F)C2(CO2)C1. The largest absolute Gasteiger partial charge is 0.411 e. The minimum Gasteiger partial charge on any atom is -0.393 e. The summed E-state index contributed by atoms with van der Waals surface area (Å²) in [5, 5.41) is 10.4. The number of epoxide rings is 2. The predicted octanol–water partition coefficient (Wildman–Crippen LogP) is 1.07. The van der Waals surface area contributed by atoms with E-state index in [4.69, 9.17) is 9.47 Å². The molecule has 5 unspecified atom stereocenters. The predicted molar refractivity (Wildman–Crippen MR) is 74.5 cm³/mol.